The highest BCUT2D eigenvalue weighted by Gasteiger charge is 2.02. The third kappa shape index (κ3) is 2.56. The standard InChI is InChI=1S/C13H16O/c1-9(2)12-5-6-13(8-11(4)14)10(3)7-12/h5-7H,1,8H2,2-4H3. The van der Waals surface area contributed by atoms with Crippen LogP contribution >= 0.6 is 0 Å². The molecule has 0 heterocycles. The van der Waals surface area contributed by atoms with Gasteiger partial charge in [-0.3, -0.25) is 4.79 Å². The van der Waals surface area contributed by atoms with Gasteiger partial charge in [-0.2, -0.15) is 0 Å². The molecule has 0 radical (unpaired) electrons. The van der Waals surface area contributed by atoms with Crippen LogP contribution in [-0.2, 0) is 11.2 Å². The second-order valence-electron chi connectivity index (χ2n) is 3.80. The number of hydrogen-bond acceptors (Lipinski definition) is 1. The molecule has 1 aromatic rings. The lowest BCUT2D eigenvalue weighted by molar-refractivity contribution is -0.116. The van der Waals surface area contributed by atoms with Crippen molar-refractivity contribution in [1.82, 2.24) is 0 Å². The van der Waals surface area contributed by atoms with Gasteiger partial charge in [0.25, 0.3) is 0 Å². The number of aryl methyl sites for hydroxylation is 1. The number of carbonyl (C=O) groups excluding carboxylic acids is 1. The Hall–Kier alpha value is -1.37. The van der Waals surface area contributed by atoms with Gasteiger partial charge in [0.2, 0.25) is 0 Å². The van der Waals surface area contributed by atoms with E-state index in [-0.39, 0.29) is 5.78 Å². The summed E-state index contributed by atoms with van der Waals surface area (Å²) in [4.78, 5) is 11.0. The molecule has 0 aromatic heterocycles. The van der Waals surface area contributed by atoms with Crippen LogP contribution in [0.1, 0.15) is 30.5 Å². The lowest BCUT2D eigenvalue weighted by Gasteiger charge is -2.06. The first kappa shape index (κ1) is 10.7. The van der Waals surface area contributed by atoms with E-state index >= 15 is 0 Å². The third-order valence-electron chi connectivity index (χ3n) is 2.27. The molecule has 0 fully saturated rings. The van der Waals surface area contributed by atoms with Gasteiger partial charge in [0, 0.05) is 6.42 Å². The molecule has 0 unspecified atom stereocenters. The number of rotatable bonds is 3. The van der Waals surface area contributed by atoms with Crippen molar-refractivity contribution in [2.75, 3.05) is 0 Å². The summed E-state index contributed by atoms with van der Waals surface area (Å²) in [6, 6.07) is 6.12. The minimum atomic E-state index is 0.205. The van der Waals surface area contributed by atoms with Crippen molar-refractivity contribution < 1.29 is 4.79 Å². The Kier molecular flexibility index (Phi) is 3.23. The summed E-state index contributed by atoms with van der Waals surface area (Å²) in [5.41, 5.74) is 4.49. The molecule has 1 rings (SSSR count). The van der Waals surface area contributed by atoms with Crippen LogP contribution in [0.3, 0.4) is 0 Å². The molecular weight excluding hydrogens is 172 g/mol. The summed E-state index contributed by atoms with van der Waals surface area (Å²) >= 11 is 0. The molecule has 0 atom stereocenters. The highest BCUT2D eigenvalue weighted by atomic mass is 16.1. The molecule has 0 amide bonds. The molecule has 0 saturated heterocycles. The summed E-state index contributed by atoms with van der Waals surface area (Å²) in [6.45, 7) is 9.53. The van der Waals surface area contributed by atoms with Crippen LogP contribution in [0.25, 0.3) is 5.57 Å². The van der Waals surface area contributed by atoms with E-state index in [1.807, 2.05) is 26.0 Å². The highest BCUT2D eigenvalue weighted by molar-refractivity contribution is 5.78. The lowest BCUT2D eigenvalue weighted by atomic mass is 9.99. The molecule has 0 aliphatic carbocycles. The van der Waals surface area contributed by atoms with Crippen LogP contribution in [0.2, 0.25) is 0 Å². The largest absolute Gasteiger partial charge is 0.300 e. The van der Waals surface area contributed by atoms with Gasteiger partial charge in [-0.1, -0.05) is 30.4 Å². The monoisotopic (exact) mass is 188 g/mol. The van der Waals surface area contributed by atoms with Gasteiger partial charge < -0.3 is 0 Å². The molecule has 0 spiro atoms. The van der Waals surface area contributed by atoms with Crippen LogP contribution < -0.4 is 0 Å². The van der Waals surface area contributed by atoms with Gasteiger partial charge in [-0.05, 0) is 37.5 Å². The van der Waals surface area contributed by atoms with Crippen molar-refractivity contribution in [3.05, 3.63) is 41.5 Å². The molecule has 74 valence electrons. The van der Waals surface area contributed by atoms with Gasteiger partial charge in [0.05, 0.1) is 0 Å². The van der Waals surface area contributed by atoms with Gasteiger partial charge in [0.1, 0.15) is 5.78 Å². The Morgan fingerprint density at radius 3 is 2.43 bits per heavy atom. The second-order valence-corrected chi connectivity index (χ2v) is 3.80. The number of ketones is 1. The zero-order valence-electron chi connectivity index (χ0n) is 9.05. The Labute approximate surface area is 85.5 Å². The molecule has 0 aliphatic rings. The maximum absolute atomic E-state index is 11.0. The first-order valence-electron chi connectivity index (χ1n) is 4.75. The van der Waals surface area contributed by atoms with Crippen LogP contribution in [0.4, 0.5) is 0 Å². The summed E-state index contributed by atoms with van der Waals surface area (Å²) < 4.78 is 0. The van der Waals surface area contributed by atoms with Gasteiger partial charge >= 0.3 is 0 Å². The highest BCUT2D eigenvalue weighted by Crippen LogP contribution is 2.17. The summed E-state index contributed by atoms with van der Waals surface area (Å²) in [5.74, 6) is 0.205. The summed E-state index contributed by atoms with van der Waals surface area (Å²) in [5, 5.41) is 0. The fourth-order valence-electron chi connectivity index (χ4n) is 1.43. The van der Waals surface area contributed by atoms with Gasteiger partial charge in [-0.25, -0.2) is 0 Å². The third-order valence-corrected chi connectivity index (χ3v) is 2.27. The number of Topliss-reactive ketones (excluding diaryl/α,β-unsaturated/α-hetero) is 1. The van der Waals surface area contributed by atoms with Crippen molar-refractivity contribution in [2.45, 2.75) is 27.2 Å². The van der Waals surface area contributed by atoms with E-state index in [4.69, 9.17) is 0 Å². The SMILES string of the molecule is C=C(C)c1ccc(CC(C)=O)c(C)c1. The van der Waals surface area contributed by atoms with Crippen LogP contribution in [0, 0.1) is 6.92 Å². The predicted octanol–water partition coefficient (Wildman–Crippen LogP) is 3.16. The van der Waals surface area contributed by atoms with E-state index in [9.17, 15) is 4.79 Å². The molecule has 0 aliphatic heterocycles. The molecule has 1 aromatic carbocycles. The Bertz CT molecular complexity index is 375. The first-order chi connectivity index (χ1) is 6.50. The Morgan fingerprint density at radius 1 is 1.36 bits per heavy atom. The lowest BCUT2D eigenvalue weighted by Crippen LogP contribution is -1.99. The van der Waals surface area contributed by atoms with Crippen molar-refractivity contribution in [1.29, 1.82) is 0 Å². The van der Waals surface area contributed by atoms with E-state index in [1.54, 1.807) is 6.92 Å². The molecule has 0 N–H and O–H groups in total. The fourth-order valence-corrected chi connectivity index (χ4v) is 1.43. The van der Waals surface area contributed by atoms with E-state index in [0.717, 1.165) is 16.7 Å². The molecule has 0 saturated carbocycles. The van der Waals surface area contributed by atoms with Gasteiger partial charge in [-0.15, -0.1) is 0 Å². The van der Waals surface area contributed by atoms with Crippen LogP contribution in [0.15, 0.2) is 24.8 Å². The topological polar surface area (TPSA) is 17.1 Å². The van der Waals surface area contributed by atoms with E-state index < -0.39 is 0 Å². The van der Waals surface area contributed by atoms with E-state index in [0.29, 0.717) is 6.42 Å². The average Bonchev–Trinajstić information content (AvgIpc) is 2.07. The maximum Gasteiger partial charge on any atom is 0.134 e. The average molecular weight is 188 g/mol. The minimum Gasteiger partial charge on any atom is -0.300 e. The number of hydrogen-bond donors (Lipinski definition) is 0. The zero-order chi connectivity index (χ0) is 10.7. The Balaban J connectivity index is 3.01. The number of benzene rings is 1. The molecular formula is C13H16O. The normalized spacial score (nSPS) is 9.93. The number of allylic oxidation sites excluding steroid dienone is 1. The van der Waals surface area contributed by atoms with Gasteiger partial charge in [0.15, 0.2) is 0 Å². The van der Waals surface area contributed by atoms with Crippen molar-refractivity contribution in [3.63, 3.8) is 0 Å². The quantitative estimate of drug-likeness (QED) is 0.712. The summed E-state index contributed by atoms with van der Waals surface area (Å²) in [7, 11) is 0. The minimum absolute atomic E-state index is 0.205. The van der Waals surface area contributed by atoms with E-state index in [1.165, 1.54) is 5.56 Å². The predicted molar refractivity (Wildman–Crippen MR) is 60.3 cm³/mol. The molecule has 14 heavy (non-hydrogen) atoms. The second kappa shape index (κ2) is 4.23. The van der Waals surface area contributed by atoms with Crippen LogP contribution in [-0.4, -0.2) is 5.78 Å². The van der Waals surface area contributed by atoms with E-state index in [2.05, 4.69) is 12.6 Å². The maximum atomic E-state index is 11.0. The summed E-state index contributed by atoms with van der Waals surface area (Å²) in [6.07, 6.45) is 0.530. The first-order valence-corrected chi connectivity index (χ1v) is 4.75. The van der Waals surface area contributed by atoms with Crippen molar-refractivity contribution >= 4 is 11.4 Å². The molecule has 1 heteroatoms. The molecule has 1 nitrogen and oxygen atoms in total. The van der Waals surface area contributed by atoms with Crippen molar-refractivity contribution in [2.24, 2.45) is 0 Å². The zero-order valence-corrected chi connectivity index (χ0v) is 9.05. The van der Waals surface area contributed by atoms with Crippen LogP contribution in [0.5, 0.6) is 0 Å². The Morgan fingerprint density at radius 2 is 2.00 bits per heavy atom. The molecule has 0 bridgehead atoms. The fraction of sp³-hybridized carbons (Fsp3) is 0.308. The smallest absolute Gasteiger partial charge is 0.134 e. The number of carbonyl (C=O) groups is 1. The van der Waals surface area contributed by atoms with Crippen molar-refractivity contribution in [3.8, 4) is 0 Å².